The quantitative estimate of drug-likeness (QED) is 0.937. The van der Waals surface area contributed by atoms with E-state index in [1.165, 1.54) is 0 Å². The first-order chi connectivity index (χ1) is 11.1. The smallest absolute Gasteiger partial charge is 0.308 e. The Morgan fingerprint density at radius 2 is 1.96 bits per heavy atom. The Kier molecular flexibility index (Phi) is 4.48. The van der Waals surface area contributed by atoms with Crippen LogP contribution in [0, 0.1) is 5.92 Å². The van der Waals surface area contributed by atoms with Gasteiger partial charge in [0.25, 0.3) is 0 Å². The van der Waals surface area contributed by atoms with Crippen molar-refractivity contribution in [2.24, 2.45) is 5.92 Å². The largest absolute Gasteiger partial charge is 0.481 e. The molecule has 1 saturated heterocycles. The molecule has 23 heavy (non-hydrogen) atoms. The summed E-state index contributed by atoms with van der Waals surface area (Å²) in [6, 6.07) is 11.6. The van der Waals surface area contributed by atoms with Gasteiger partial charge in [-0.2, -0.15) is 11.3 Å². The summed E-state index contributed by atoms with van der Waals surface area (Å²) in [7, 11) is 0. The highest BCUT2D eigenvalue weighted by Gasteiger charge is 2.41. The summed E-state index contributed by atoms with van der Waals surface area (Å²) >= 11 is 1.57. The zero-order valence-electron chi connectivity index (χ0n) is 12.9. The number of carboxylic acids is 1. The maximum Gasteiger partial charge on any atom is 0.308 e. The molecule has 0 aliphatic carbocycles. The molecule has 0 saturated carbocycles. The van der Waals surface area contributed by atoms with Crippen LogP contribution in [0.3, 0.4) is 0 Å². The number of likely N-dealkylation sites (tertiary alicyclic amines) is 1. The number of hydrogen-bond acceptors (Lipinski definition) is 3. The monoisotopic (exact) mass is 329 g/mol. The number of benzene rings is 1. The number of hydrogen-bond donors (Lipinski definition) is 1. The van der Waals surface area contributed by atoms with E-state index in [9.17, 15) is 14.7 Å². The molecule has 3 unspecified atom stereocenters. The van der Waals surface area contributed by atoms with E-state index in [0.717, 1.165) is 11.1 Å². The van der Waals surface area contributed by atoms with E-state index in [0.29, 0.717) is 6.54 Å². The first-order valence-corrected chi connectivity index (χ1v) is 8.61. The maximum atomic E-state index is 12.7. The molecule has 2 aromatic rings. The highest BCUT2D eigenvalue weighted by Crippen LogP contribution is 2.34. The van der Waals surface area contributed by atoms with Crippen molar-refractivity contribution >= 4 is 23.2 Å². The van der Waals surface area contributed by atoms with Crippen molar-refractivity contribution in [2.75, 3.05) is 13.1 Å². The molecule has 4 nitrogen and oxygen atoms in total. The molecule has 1 aromatic heterocycles. The second-order valence-electron chi connectivity index (χ2n) is 5.98. The van der Waals surface area contributed by atoms with E-state index >= 15 is 0 Å². The molecule has 120 valence electrons. The average Bonchev–Trinajstić information content (AvgIpc) is 3.24. The number of rotatable bonds is 4. The van der Waals surface area contributed by atoms with Gasteiger partial charge in [-0.1, -0.05) is 30.3 Å². The predicted molar refractivity (Wildman–Crippen MR) is 89.6 cm³/mol. The Bertz CT molecular complexity index is 684. The van der Waals surface area contributed by atoms with E-state index in [2.05, 4.69) is 0 Å². The molecule has 1 fully saturated rings. The van der Waals surface area contributed by atoms with E-state index in [1.807, 2.05) is 54.1 Å². The third kappa shape index (κ3) is 3.15. The van der Waals surface area contributed by atoms with E-state index in [4.69, 9.17) is 0 Å². The number of aliphatic carboxylic acids is 1. The lowest BCUT2D eigenvalue weighted by molar-refractivity contribution is -0.141. The first kappa shape index (κ1) is 15.7. The van der Waals surface area contributed by atoms with E-state index in [-0.39, 0.29) is 24.3 Å². The zero-order chi connectivity index (χ0) is 16.4. The fourth-order valence-electron chi connectivity index (χ4n) is 3.21. The molecule has 0 bridgehead atoms. The molecule has 3 rings (SSSR count). The minimum absolute atomic E-state index is 0.00748. The van der Waals surface area contributed by atoms with Crippen molar-refractivity contribution in [3.8, 4) is 0 Å². The molecule has 1 aromatic carbocycles. The fraction of sp³-hybridized carbons (Fsp3) is 0.333. The number of carbonyl (C=O) groups is 2. The van der Waals surface area contributed by atoms with Gasteiger partial charge in [-0.05, 0) is 34.9 Å². The molecule has 0 spiro atoms. The van der Waals surface area contributed by atoms with Crippen molar-refractivity contribution in [3.63, 3.8) is 0 Å². The van der Waals surface area contributed by atoms with E-state index < -0.39 is 11.9 Å². The van der Waals surface area contributed by atoms with Gasteiger partial charge in [0.15, 0.2) is 0 Å². The van der Waals surface area contributed by atoms with Gasteiger partial charge >= 0.3 is 5.97 Å². The molecular weight excluding hydrogens is 310 g/mol. The van der Waals surface area contributed by atoms with Gasteiger partial charge in [0.2, 0.25) is 5.91 Å². The third-order valence-corrected chi connectivity index (χ3v) is 5.29. The SMILES string of the molecule is CC(C(=O)N1CC(C(=O)O)C(c2ccccc2)C1)c1ccsc1. The summed E-state index contributed by atoms with van der Waals surface area (Å²) in [6.07, 6.45) is 0. The standard InChI is InChI=1S/C18H19NO3S/c1-12(14-7-8-23-11-14)17(20)19-9-15(16(10-19)18(21)22)13-5-3-2-4-6-13/h2-8,11-12,15-16H,9-10H2,1H3,(H,21,22). The predicted octanol–water partition coefficient (Wildman–Crippen LogP) is 3.18. The van der Waals surface area contributed by atoms with Crippen molar-refractivity contribution in [3.05, 3.63) is 58.3 Å². The molecule has 3 atom stereocenters. The summed E-state index contributed by atoms with van der Waals surface area (Å²) in [6.45, 7) is 2.63. The van der Waals surface area contributed by atoms with Crippen molar-refractivity contribution in [1.82, 2.24) is 4.90 Å². The van der Waals surface area contributed by atoms with Crippen molar-refractivity contribution in [2.45, 2.75) is 18.8 Å². The van der Waals surface area contributed by atoms with Crippen LogP contribution in [-0.4, -0.2) is 35.0 Å². The molecule has 0 radical (unpaired) electrons. The number of thiophene rings is 1. The normalized spacial score (nSPS) is 22.0. The van der Waals surface area contributed by atoms with Gasteiger partial charge < -0.3 is 10.0 Å². The van der Waals surface area contributed by atoms with Crippen molar-refractivity contribution in [1.29, 1.82) is 0 Å². The van der Waals surface area contributed by atoms with Gasteiger partial charge in [-0.3, -0.25) is 9.59 Å². The number of nitrogens with zero attached hydrogens (tertiary/aromatic N) is 1. The Balaban J connectivity index is 1.80. The van der Waals surface area contributed by atoms with Gasteiger partial charge in [0.05, 0.1) is 11.8 Å². The van der Waals surface area contributed by atoms with Crippen LogP contribution in [0.1, 0.15) is 29.9 Å². The lowest BCUT2D eigenvalue weighted by Crippen LogP contribution is -2.33. The minimum Gasteiger partial charge on any atom is -0.481 e. The first-order valence-electron chi connectivity index (χ1n) is 7.66. The molecule has 1 amide bonds. The summed E-state index contributed by atoms with van der Waals surface area (Å²) in [5.74, 6) is -1.75. The average molecular weight is 329 g/mol. The van der Waals surface area contributed by atoms with Crippen LogP contribution < -0.4 is 0 Å². The van der Waals surface area contributed by atoms with Crippen LogP contribution in [0.5, 0.6) is 0 Å². The molecule has 1 aliphatic heterocycles. The molecule has 1 N–H and O–H groups in total. The maximum absolute atomic E-state index is 12.7. The Morgan fingerprint density at radius 3 is 2.57 bits per heavy atom. The van der Waals surface area contributed by atoms with E-state index in [1.54, 1.807) is 16.2 Å². The summed E-state index contributed by atoms with van der Waals surface area (Å²) in [5.41, 5.74) is 1.98. The van der Waals surface area contributed by atoms with Crippen LogP contribution in [0.2, 0.25) is 0 Å². The van der Waals surface area contributed by atoms with Crippen LogP contribution >= 0.6 is 11.3 Å². The number of carbonyl (C=O) groups excluding carboxylic acids is 1. The lowest BCUT2D eigenvalue weighted by atomic mass is 9.89. The Labute approximate surface area is 139 Å². The minimum atomic E-state index is -0.836. The molecule has 2 heterocycles. The Hall–Kier alpha value is -2.14. The van der Waals surface area contributed by atoms with Crippen LogP contribution in [0.25, 0.3) is 0 Å². The lowest BCUT2D eigenvalue weighted by Gasteiger charge is -2.20. The molecule has 5 heteroatoms. The number of carboxylic acid groups (broad SMARTS) is 1. The van der Waals surface area contributed by atoms with Gasteiger partial charge in [0, 0.05) is 19.0 Å². The highest BCUT2D eigenvalue weighted by molar-refractivity contribution is 7.08. The van der Waals surface area contributed by atoms with Gasteiger partial charge in [-0.25, -0.2) is 0 Å². The van der Waals surface area contributed by atoms with Crippen LogP contribution in [-0.2, 0) is 9.59 Å². The van der Waals surface area contributed by atoms with Gasteiger partial charge in [-0.15, -0.1) is 0 Å². The number of amides is 1. The second-order valence-corrected chi connectivity index (χ2v) is 6.76. The van der Waals surface area contributed by atoms with Gasteiger partial charge in [0.1, 0.15) is 0 Å². The van der Waals surface area contributed by atoms with Crippen LogP contribution in [0.4, 0.5) is 0 Å². The summed E-state index contributed by atoms with van der Waals surface area (Å²) in [4.78, 5) is 26.0. The topological polar surface area (TPSA) is 57.6 Å². The molecular formula is C18H19NO3S. The summed E-state index contributed by atoms with van der Waals surface area (Å²) in [5, 5.41) is 13.5. The summed E-state index contributed by atoms with van der Waals surface area (Å²) < 4.78 is 0. The van der Waals surface area contributed by atoms with Crippen LogP contribution in [0.15, 0.2) is 47.2 Å². The third-order valence-electron chi connectivity index (χ3n) is 4.59. The highest BCUT2D eigenvalue weighted by atomic mass is 32.1. The fourth-order valence-corrected chi connectivity index (χ4v) is 3.96. The zero-order valence-corrected chi connectivity index (χ0v) is 13.7. The van der Waals surface area contributed by atoms with Crippen molar-refractivity contribution < 1.29 is 14.7 Å². The molecule has 1 aliphatic rings. The Morgan fingerprint density at radius 1 is 1.22 bits per heavy atom. The second kappa shape index (κ2) is 6.54.